The first-order chi connectivity index (χ1) is 9.45. The van der Waals surface area contributed by atoms with Gasteiger partial charge in [0.05, 0.1) is 11.8 Å². The zero-order valence-corrected chi connectivity index (χ0v) is 13.0. The molecule has 0 heterocycles. The number of aliphatic carboxylic acids is 2. The Balaban J connectivity index is 4.72. The van der Waals surface area contributed by atoms with Gasteiger partial charge in [-0.25, -0.2) is 0 Å². The molecule has 0 aromatic heterocycles. The van der Waals surface area contributed by atoms with Crippen molar-refractivity contribution in [1.82, 2.24) is 0 Å². The van der Waals surface area contributed by atoms with Gasteiger partial charge in [-0.05, 0) is 18.8 Å². The van der Waals surface area contributed by atoms with Gasteiger partial charge in [-0.3, -0.25) is 14.4 Å². The summed E-state index contributed by atoms with van der Waals surface area (Å²) in [5.74, 6) is -4.51. The van der Waals surface area contributed by atoms with Gasteiger partial charge in [0.1, 0.15) is 11.6 Å². The van der Waals surface area contributed by atoms with Crippen molar-refractivity contribution in [2.24, 2.45) is 17.3 Å². The van der Waals surface area contributed by atoms with Crippen LogP contribution in [0.2, 0.25) is 0 Å². The zero-order chi connectivity index (χ0) is 16.8. The van der Waals surface area contributed by atoms with E-state index in [9.17, 15) is 19.2 Å². The third-order valence-electron chi connectivity index (χ3n) is 3.44. The quantitative estimate of drug-likeness (QED) is 0.675. The van der Waals surface area contributed by atoms with Gasteiger partial charge in [-0.15, -0.1) is 0 Å². The van der Waals surface area contributed by atoms with Crippen LogP contribution in [0.3, 0.4) is 0 Å². The minimum absolute atomic E-state index is 0.101. The van der Waals surface area contributed by atoms with E-state index in [1.807, 2.05) is 0 Å². The van der Waals surface area contributed by atoms with Crippen molar-refractivity contribution in [2.45, 2.75) is 53.4 Å². The number of Topliss-reactive ketones (excluding diaryl/α,β-unsaturated/α-hetero) is 2. The molecule has 0 aliphatic rings. The van der Waals surface area contributed by atoms with Crippen LogP contribution in [0.5, 0.6) is 0 Å². The Morgan fingerprint density at radius 1 is 0.952 bits per heavy atom. The fraction of sp³-hybridized carbons (Fsp3) is 0.733. The Bertz CT molecular complexity index is 418. The fourth-order valence-corrected chi connectivity index (χ4v) is 2.04. The molecule has 2 atom stereocenters. The smallest absolute Gasteiger partial charge is 0.307 e. The maximum absolute atomic E-state index is 12.0. The highest BCUT2D eigenvalue weighted by Crippen LogP contribution is 2.30. The molecule has 6 heteroatoms. The monoisotopic (exact) mass is 300 g/mol. The van der Waals surface area contributed by atoms with Crippen LogP contribution in [-0.4, -0.2) is 33.7 Å². The molecule has 120 valence electrons. The largest absolute Gasteiger partial charge is 0.481 e. The van der Waals surface area contributed by atoms with Gasteiger partial charge in [0.15, 0.2) is 0 Å². The van der Waals surface area contributed by atoms with E-state index < -0.39 is 35.0 Å². The van der Waals surface area contributed by atoms with Crippen molar-refractivity contribution in [3.63, 3.8) is 0 Å². The molecule has 21 heavy (non-hydrogen) atoms. The Hall–Kier alpha value is -1.72. The van der Waals surface area contributed by atoms with Crippen LogP contribution in [0.1, 0.15) is 53.4 Å². The summed E-state index contributed by atoms with van der Waals surface area (Å²) in [6, 6.07) is 0. The standard InChI is InChI=1S/C15H24O6/c1-9(16)5-6-10(13(18)19)7-11(17)8-12(14(20)21)15(2,3)4/h10,12H,5-8H2,1-4H3,(H,18,19)(H,20,21)/t10-,12-/m1/s1. The molecule has 0 aromatic rings. The van der Waals surface area contributed by atoms with Gasteiger partial charge >= 0.3 is 11.9 Å². The van der Waals surface area contributed by atoms with Crippen LogP contribution in [0.25, 0.3) is 0 Å². The summed E-state index contributed by atoms with van der Waals surface area (Å²) in [6.07, 6.45) is -0.222. The van der Waals surface area contributed by atoms with E-state index in [4.69, 9.17) is 10.2 Å². The number of carbonyl (C=O) groups is 4. The second kappa shape index (κ2) is 7.90. The van der Waals surface area contributed by atoms with Crippen LogP contribution in [0.4, 0.5) is 0 Å². The Morgan fingerprint density at radius 3 is 1.81 bits per heavy atom. The number of hydrogen-bond acceptors (Lipinski definition) is 4. The van der Waals surface area contributed by atoms with Gasteiger partial charge in [0, 0.05) is 19.3 Å². The van der Waals surface area contributed by atoms with Crippen molar-refractivity contribution in [3.05, 3.63) is 0 Å². The van der Waals surface area contributed by atoms with Gasteiger partial charge in [0.25, 0.3) is 0 Å². The predicted octanol–water partition coefficient (Wildman–Crippen LogP) is 2.15. The molecule has 0 fully saturated rings. The lowest BCUT2D eigenvalue weighted by Gasteiger charge is -2.26. The summed E-state index contributed by atoms with van der Waals surface area (Å²) in [5.41, 5.74) is -0.584. The van der Waals surface area contributed by atoms with Crippen LogP contribution in [0.15, 0.2) is 0 Å². The summed E-state index contributed by atoms with van der Waals surface area (Å²) in [6.45, 7) is 6.54. The van der Waals surface area contributed by atoms with Crippen LogP contribution < -0.4 is 0 Å². The molecule has 0 rings (SSSR count). The third kappa shape index (κ3) is 7.58. The van der Waals surface area contributed by atoms with E-state index >= 15 is 0 Å². The van der Waals surface area contributed by atoms with E-state index in [0.29, 0.717) is 0 Å². The summed E-state index contributed by atoms with van der Waals surface area (Å²) < 4.78 is 0. The normalized spacial score (nSPS) is 14.3. The number of ketones is 2. The first kappa shape index (κ1) is 19.3. The molecule has 2 N–H and O–H groups in total. The lowest BCUT2D eigenvalue weighted by Crippen LogP contribution is -2.31. The van der Waals surface area contributed by atoms with Crippen molar-refractivity contribution >= 4 is 23.5 Å². The number of carboxylic acid groups (broad SMARTS) is 2. The molecule has 0 aliphatic heterocycles. The van der Waals surface area contributed by atoms with E-state index in [1.54, 1.807) is 20.8 Å². The summed E-state index contributed by atoms with van der Waals surface area (Å²) >= 11 is 0. The number of rotatable bonds is 9. The van der Waals surface area contributed by atoms with Gasteiger partial charge in [0.2, 0.25) is 0 Å². The molecule has 0 saturated carbocycles. The van der Waals surface area contributed by atoms with Gasteiger partial charge in [-0.1, -0.05) is 20.8 Å². The number of hydrogen-bond donors (Lipinski definition) is 2. The molecule has 0 amide bonds. The first-order valence-electron chi connectivity index (χ1n) is 6.92. The maximum Gasteiger partial charge on any atom is 0.307 e. The molecular formula is C15H24O6. The maximum atomic E-state index is 12.0. The lowest BCUT2D eigenvalue weighted by molar-refractivity contribution is -0.148. The average Bonchev–Trinajstić information content (AvgIpc) is 2.28. The van der Waals surface area contributed by atoms with Crippen molar-refractivity contribution in [1.29, 1.82) is 0 Å². The molecule has 0 spiro atoms. The van der Waals surface area contributed by atoms with E-state index in [0.717, 1.165) is 0 Å². The molecular weight excluding hydrogens is 276 g/mol. The fourth-order valence-electron chi connectivity index (χ4n) is 2.04. The highest BCUT2D eigenvalue weighted by molar-refractivity contribution is 5.87. The van der Waals surface area contributed by atoms with Crippen molar-refractivity contribution < 1.29 is 29.4 Å². The number of carbonyl (C=O) groups excluding carboxylic acids is 2. The minimum atomic E-state index is -1.13. The second-order valence-electron chi connectivity index (χ2n) is 6.48. The third-order valence-corrected chi connectivity index (χ3v) is 3.44. The minimum Gasteiger partial charge on any atom is -0.481 e. The zero-order valence-electron chi connectivity index (χ0n) is 13.0. The molecule has 0 aliphatic carbocycles. The molecule has 0 radical (unpaired) electrons. The average molecular weight is 300 g/mol. The topological polar surface area (TPSA) is 109 Å². The SMILES string of the molecule is CC(=O)CC[C@H](CC(=O)C[C@H](C(=O)O)C(C)(C)C)C(=O)O. The Morgan fingerprint density at radius 2 is 1.48 bits per heavy atom. The predicted molar refractivity (Wildman–Crippen MR) is 75.9 cm³/mol. The van der Waals surface area contributed by atoms with Crippen LogP contribution >= 0.6 is 0 Å². The lowest BCUT2D eigenvalue weighted by atomic mass is 9.77. The molecule has 6 nitrogen and oxygen atoms in total. The molecule has 0 unspecified atom stereocenters. The van der Waals surface area contributed by atoms with Crippen molar-refractivity contribution in [3.8, 4) is 0 Å². The summed E-state index contributed by atoms with van der Waals surface area (Å²) in [7, 11) is 0. The highest BCUT2D eigenvalue weighted by Gasteiger charge is 2.34. The van der Waals surface area contributed by atoms with Crippen LogP contribution in [0, 0.1) is 17.3 Å². The Kier molecular flexibility index (Phi) is 7.26. The summed E-state index contributed by atoms with van der Waals surface area (Å²) in [4.78, 5) is 45.1. The Labute approximate surface area is 124 Å². The summed E-state index contributed by atoms with van der Waals surface area (Å²) in [5, 5.41) is 18.2. The molecule has 0 bridgehead atoms. The number of carboxylic acids is 2. The van der Waals surface area contributed by atoms with Gasteiger partial charge < -0.3 is 15.0 Å². The molecule has 0 aromatic carbocycles. The van der Waals surface area contributed by atoms with Crippen LogP contribution in [-0.2, 0) is 19.2 Å². The second-order valence-corrected chi connectivity index (χ2v) is 6.48. The van der Waals surface area contributed by atoms with Crippen molar-refractivity contribution in [2.75, 3.05) is 0 Å². The van der Waals surface area contributed by atoms with E-state index in [2.05, 4.69) is 0 Å². The van der Waals surface area contributed by atoms with E-state index in [-0.39, 0.29) is 31.5 Å². The first-order valence-corrected chi connectivity index (χ1v) is 6.92. The van der Waals surface area contributed by atoms with E-state index in [1.165, 1.54) is 6.92 Å². The highest BCUT2D eigenvalue weighted by atomic mass is 16.4. The van der Waals surface area contributed by atoms with Gasteiger partial charge in [-0.2, -0.15) is 0 Å². The molecule has 0 saturated heterocycles.